The molecule has 1 amide bonds. The molecule has 1 aliphatic heterocycles. The molecule has 5 heteroatoms. The third-order valence-electron chi connectivity index (χ3n) is 2.94. The molecule has 2 heterocycles. The number of amides is 1. The molecule has 1 aromatic rings. The van der Waals surface area contributed by atoms with Crippen LogP contribution in [-0.4, -0.2) is 42.0 Å². The van der Waals surface area contributed by atoms with Gasteiger partial charge in [0, 0.05) is 31.4 Å². The average molecular weight is 235 g/mol. The van der Waals surface area contributed by atoms with E-state index in [9.17, 15) is 4.79 Å². The minimum Gasteiger partial charge on any atom is -0.481 e. The van der Waals surface area contributed by atoms with Gasteiger partial charge in [0.1, 0.15) is 0 Å². The van der Waals surface area contributed by atoms with Crippen LogP contribution in [0.1, 0.15) is 23.2 Å². The highest BCUT2D eigenvalue weighted by Crippen LogP contribution is 2.13. The highest BCUT2D eigenvalue weighted by Gasteiger charge is 2.22. The molecule has 1 fully saturated rings. The molecule has 17 heavy (non-hydrogen) atoms. The van der Waals surface area contributed by atoms with Crippen LogP contribution < -0.4 is 10.5 Å². The smallest absolute Gasteiger partial charge is 0.255 e. The summed E-state index contributed by atoms with van der Waals surface area (Å²) < 4.78 is 4.96. The Bertz CT molecular complexity index is 391. The largest absolute Gasteiger partial charge is 0.481 e. The lowest BCUT2D eigenvalue weighted by Gasteiger charge is -2.30. The zero-order valence-corrected chi connectivity index (χ0v) is 9.93. The second kappa shape index (κ2) is 5.14. The summed E-state index contributed by atoms with van der Waals surface area (Å²) >= 11 is 0. The van der Waals surface area contributed by atoms with Crippen molar-refractivity contribution in [1.29, 1.82) is 0 Å². The zero-order valence-electron chi connectivity index (χ0n) is 9.93. The van der Waals surface area contributed by atoms with Crippen LogP contribution in [-0.2, 0) is 0 Å². The molecule has 2 N–H and O–H groups in total. The molecule has 0 aliphatic carbocycles. The number of methoxy groups -OCH3 is 1. The van der Waals surface area contributed by atoms with Gasteiger partial charge < -0.3 is 15.4 Å². The molecule has 1 aromatic heterocycles. The Balaban J connectivity index is 2.07. The zero-order chi connectivity index (χ0) is 12.3. The maximum atomic E-state index is 12.1. The van der Waals surface area contributed by atoms with E-state index in [1.165, 1.54) is 0 Å². The summed E-state index contributed by atoms with van der Waals surface area (Å²) in [6, 6.07) is 3.52. The molecule has 1 atom stereocenters. The van der Waals surface area contributed by atoms with Crippen LogP contribution in [0.25, 0.3) is 0 Å². The minimum atomic E-state index is -0.00435. The molecule has 0 bridgehead atoms. The van der Waals surface area contributed by atoms with Gasteiger partial charge in [-0.25, -0.2) is 4.98 Å². The van der Waals surface area contributed by atoms with Gasteiger partial charge in [0.15, 0.2) is 0 Å². The van der Waals surface area contributed by atoms with Crippen molar-refractivity contribution >= 4 is 5.91 Å². The first-order chi connectivity index (χ1) is 8.20. The van der Waals surface area contributed by atoms with Gasteiger partial charge in [0.25, 0.3) is 5.91 Å². The fourth-order valence-corrected chi connectivity index (χ4v) is 2.00. The second-order valence-electron chi connectivity index (χ2n) is 4.24. The molecule has 0 aromatic carbocycles. The van der Waals surface area contributed by atoms with Crippen molar-refractivity contribution in [3.8, 4) is 5.88 Å². The molecule has 0 unspecified atom stereocenters. The summed E-state index contributed by atoms with van der Waals surface area (Å²) in [4.78, 5) is 18.0. The number of hydrogen-bond donors (Lipinski definition) is 1. The fourth-order valence-electron chi connectivity index (χ4n) is 2.00. The number of nitrogens with zero attached hydrogens (tertiary/aromatic N) is 2. The normalized spacial score (nSPS) is 20.1. The number of likely N-dealkylation sites (tertiary alicyclic amines) is 1. The van der Waals surface area contributed by atoms with Crippen molar-refractivity contribution in [1.82, 2.24) is 9.88 Å². The van der Waals surface area contributed by atoms with Gasteiger partial charge in [-0.05, 0) is 18.9 Å². The van der Waals surface area contributed by atoms with E-state index in [4.69, 9.17) is 10.5 Å². The molecule has 2 rings (SSSR count). The molecule has 1 saturated heterocycles. The van der Waals surface area contributed by atoms with E-state index in [0.717, 1.165) is 19.4 Å². The van der Waals surface area contributed by atoms with Crippen molar-refractivity contribution < 1.29 is 9.53 Å². The van der Waals surface area contributed by atoms with Crippen molar-refractivity contribution in [2.75, 3.05) is 20.2 Å². The van der Waals surface area contributed by atoms with Gasteiger partial charge in [-0.15, -0.1) is 0 Å². The second-order valence-corrected chi connectivity index (χ2v) is 4.24. The summed E-state index contributed by atoms with van der Waals surface area (Å²) in [7, 11) is 1.55. The van der Waals surface area contributed by atoms with E-state index in [2.05, 4.69) is 4.98 Å². The summed E-state index contributed by atoms with van der Waals surface area (Å²) in [5.74, 6) is 0.507. The third kappa shape index (κ3) is 2.74. The first kappa shape index (κ1) is 11.9. The first-order valence-corrected chi connectivity index (χ1v) is 5.75. The number of carbonyl (C=O) groups is 1. The molecule has 92 valence electrons. The number of hydrogen-bond acceptors (Lipinski definition) is 4. The number of piperidine rings is 1. The van der Waals surface area contributed by atoms with E-state index >= 15 is 0 Å². The summed E-state index contributed by atoms with van der Waals surface area (Å²) in [6.07, 6.45) is 3.50. The van der Waals surface area contributed by atoms with E-state index in [1.807, 2.05) is 0 Å². The fraction of sp³-hybridized carbons (Fsp3) is 0.500. The Labute approximate surface area is 101 Å². The van der Waals surface area contributed by atoms with Gasteiger partial charge in [-0.3, -0.25) is 4.79 Å². The topological polar surface area (TPSA) is 68.5 Å². The number of aromatic nitrogens is 1. The van der Waals surface area contributed by atoms with Crippen molar-refractivity contribution in [2.45, 2.75) is 18.9 Å². The molecule has 0 saturated carbocycles. The van der Waals surface area contributed by atoms with Crippen molar-refractivity contribution in [2.24, 2.45) is 5.73 Å². The van der Waals surface area contributed by atoms with E-state index in [1.54, 1.807) is 30.3 Å². The molecule has 0 spiro atoms. The summed E-state index contributed by atoms with van der Waals surface area (Å²) in [6.45, 7) is 1.41. The highest BCUT2D eigenvalue weighted by atomic mass is 16.5. The van der Waals surface area contributed by atoms with Gasteiger partial charge >= 0.3 is 0 Å². The molecular weight excluding hydrogens is 218 g/mol. The van der Waals surface area contributed by atoms with Gasteiger partial charge in [0.05, 0.1) is 12.7 Å². The predicted octanol–water partition coefficient (Wildman–Crippen LogP) is 0.653. The maximum Gasteiger partial charge on any atom is 0.255 e. The van der Waals surface area contributed by atoms with Crippen LogP contribution in [0, 0.1) is 0 Å². The molecule has 1 aliphatic rings. The lowest BCUT2D eigenvalue weighted by atomic mass is 10.1. The molecule has 5 nitrogen and oxygen atoms in total. The Kier molecular flexibility index (Phi) is 3.58. The Morgan fingerprint density at radius 3 is 3.00 bits per heavy atom. The van der Waals surface area contributed by atoms with Crippen LogP contribution in [0.2, 0.25) is 0 Å². The van der Waals surface area contributed by atoms with Gasteiger partial charge in [0.2, 0.25) is 5.88 Å². The standard InChI is InChI=1S/C12H17N3O2/c1-17-11-5-4-9(7-14-11)12(16)15-6-2-3-10(13)8-15/h4-5,7,10H,2-3,6,8,13H2,1H3/t10-/m0/s1. The Morgan fingerprint density at radius 2 is 2.41 bits per heavy atom. The summed E-state index contributed by atoms with van der Waals surface area (Å²) in [5, 5.41) is 0. The van der Waals surface area contributed by atoms with E-state index < -0.39 is 0 Å². The molecular formula is C12H17N3O2. The Hall–Kier alpha value is -1.62. The van der Waals surface area contributed by atoms with Crippen LogP contribution >= 0.6 is 0 Å². The molecule has 0 radical (unpaired) electrons. The maximum absolute atomic E-state index is 12.1. The van der Waals surface area contributed by atoms with Gasteiger partial charge in [-0.2, -0.15) is 0 Å². The van der Waals surface area contributed by atoms with E-state index in [-0.39, 0.29) is 11.9 Å². The predicted molar refractivity (Wildman–Crippen MR) is 63.9 cm³/mol. The van der Waals surface area contributed by atoms with Crippen LogP contribution in [0.4, 0.5) is 0 Å². The number of pyridine rings is 1. The number of ether oxygens (including phenoxy) is 1. The number of carbonyl (C=O) groups excluding carboxylic acids is 1. The number of nitrogens with two attached hydrogens (primary N) is 1. The average Bonchev–Trinajstić information content (AvgIpc) is 2.38. The quantitative estimate of drug-likeness (QED) is 0.817. The van der Waals surface area contributed by atoms with Crippen LogP contribution in [0.3, 0.4) is 0 Å². The van der Waals surface area contributed by atoms with Crippen molar-refractivity contribution in [3.05, 3.63) is 23.9 Å². The van der Waals surface area contributed by atoms with Crippen LogP contribution in [0.5, 0.6) is 5.88 Å². The minimum absolute atomic E-state index is 0.00435. The lowest BCUT2D eigenvalue weighted by Crippen LogP contribution is -2.45. The monoisotopic (exact) mass is 235 g/mol. The van der Waals surface area contributed by atoms with E-state index in [0.29, 0.717) is 18.0 Å². The number of rotatable bonds is 2. The van der Waals surface area contributed by atoms with Crippen molar-refractivity contribution in [3.63, 3.8) is 0 Å². The van der Waals surface area contributed by atoms with Gasteiger partial charge in [-0.1, -0.05) is 0 Å². The SMILES string of the molecule is COc1ccc(C(=O)N2CCC[C@H](N)C2)cn1. The Morgan fingerprint density at radius 1 is 1.59 bits per heavy atom. The third-order valence-corrected chi connectivity index (χ3v) is 2.94. The summed E-state index contributed by atoms with van der Waals surface area (Å²) in [5.41, 5.74) is 6.44. The van der Waals surface area contributed by atoms with Crippen LogP contribution in [0.15, 0.2) is 18.3 Å². The highest BCUT2D eigenvalue weighted by molar-refractivity contribution is 5.94. The first-order valence-electron chi connectivity index (χ1n) is 5.75. The lowest BCUT2D eigenvalue weighted by molar-refractivity contribution is 0.0708.